The van der Waals surface area contributed by atoms with Crippen molar-refractivity contribution >= 4 is 33.9 Å². The Morgan fingerprint density at radius 1 is 0.917 bits per heavy atom. The first kappa shape index (κ1) is 21.8. The van der Waals surface area contributed by atoms with Crippen LogP contribution < -0.4 is 0 Å². The molecule has 4 heterocycles. The van der Waals surface area contributed by atoms with Gasteiger partial charge < -0.3 is 19.2 Å². The number of pyridine rings is 1. The molecule has 0 fully saturated rings. The second-order valence-corrected chi connectivity index (χ2v) is 8.55. The summed E-state index contributed by atoms with van der Waals surface area (Å²) in [4.78, 5) is 31.7. The van der Waals surface area contributed by atoms with Crippen LogP contribution in [0, 0.1) is 0 Å². The van der Waals surface area contributed by atoms with Crippen LogP contribution in [0.5, 0.6) is 0 Å². The quantitative estimate of drug-likeness (QED) is 0.193. The van der Waals surface area contributed by atoms with Crippen LogP contribution in [0.2, 0.25) is 0 Å². The number of carbonyl (C=O) groups excluding carboxylic acids is 2. The number of aliphatic hydroxyl groups is 1. The highest BCUT2D eigenvalue weighted by molar-refractivity contribution is 6.35. The highest BCUT2D eigenvalue weighted by atomic mass is 16.3. The maximum atomic E-state index is 12.8. The third-order valence-electron chi connectivity index (χ3n) is 6.56. The molecule has 0 amide bonds. The molecule has 0 saturated carbocycles. The SMILES string of the molecule is O=CC(=O)c1[nH]cc(-c2cn(CCO)c3ccccc23)c1-c1cn(-c2cccnc2)c2ccccc12. The summed E-state index contributed by atoms with van der Waals surface area (Å²) in [5.41, 5.74) is 6.28. The minimum atomic E-state index is -0.617. The molecule has 6 rings (SSSR count). The van der Waals surface area contributed by atoms with Crippen LogP contribution in [-0.4, -0.2) is 42.9 Å². The Morgan fingerprint density at radius 3 is 2.39 bits per heavy atom. The van der Waals surface area contributed by atoms with Crippen LogP contribution in [0.15, 0.2) is 91.6 Å². The molecule has 0 aliphatic heterocycles. The Bertz CT molecular complexity index is 1740. The number of aliphatic hydroxyl groups excluding tert-OH is 1. The van der Waals surface area contributed by atoms with E-state index in [1.165, 1.54) is 0 Å². The van der Waals surface area contributed by atoms with Crippen molar-refractivity contribution in [3.05, 3.63) is 97.3 Å². The number of hydrogen-bond donors (Lipinski definition) is 2. The largest absolute Gasteiger partial charge is 0.395 e. The smallest absolute Gasteiger partial charge is 0.242 e. The van der Waals surface area contributed by atoms with Gasteiger partial charge in [0.25, 0.3) is 0 Å². The average molecular weight is 475 g/mol. The molecular formula is C29H22N4O3. The molecule has 0 spiro atoms. The lowest BCUT2D eigenvalue weighted by Crippen LogP contribution is -2.02. The number of fused-ring (bicyclic) bond motifs is 2. The van der Waals surface area contributed by atoms with Crippen LogP contribution in [-0.2, 0) is 11.3 Å². The fraction of sp³-hybridized carbons (Fsp3) is 0.0690. The monoisotopic (exact) mass is 474 g/mol. The third kappa shape index (κ3) is 3.37. The number of benzene rings is 2. The summed E-state index contributed by atoms with van der Waals surface area (Å²) in [6.45, 7) is 0.451. The van der Waals surface area contributed by atoms with Crippen LogP contribution >= 0.6 is 0 Å². The van der Waals surface area contributed by atoms with Crippen molar-refractivity contribution in [2.24, 2.45) is 0 Å². The Balaban J connectivity index is 1.68. The summed E-state index contributed by atoms with van der Waals surface area (Å²) in [6.07, 6.45) is 9.62. The average Bonchev–Trinajstić information content (AvgIpc) is 3.62. The topological polar surface area (TPSA) is 92.9 Å². The van der Waals surface area contributed by atoms with Crippen molar-refractivity contribution in [2.75, 3.05) is 6.61 Å². The number of carbonyl (C=O) groups is 2. The highest BCUT2D eigenvalue weighted by Gasteiger charge is 2.25. The summed E-state index contributed by atoms with van der Waals surface area (Å²) in [5.74, 6) is -0.617. The van der Waals surface area contributed by atoms with E-state index in [4.69, 9.17) is 0 Å². The molecule has 0 bridgehead atoms. The van der Waals surface area contributed by atoms with Crippen molar-refractivity contribution in [2.45, 2.75) is 6.54 Å². The molecule has 4 aromatic heterocycles. The van der Waals surface area contributed by atoms with Gasteiger partial charge in [-0.15, -0.1) is 0 Å². The highest BCUT2D eigenvalue weighted by Crippen LogP contribution is 2.43. The van der Waals surface area contributed by atoms with Gasteiger partial charge in [0.05, 0.1) is 29.7 Å². The van der Waals surface area contributed by atoms with Gasteiger partial charge in [-0.2, -0.15) is 0 Å². The first-order chi connectivity index (χ1) is 17.7. The van der Waals surface area contributed by atoms with Crippen LogP contribution in [0.25, 0.3) is 49.7 Å². The number of nitrogens with one attached hydrogen (secondary N) is 1. The minimum Gasteiger partial charge on any atom is -0.395 e. The van der Waals surface area contributed by atoms with E-state index >= 15 is 0 Å². The normalized spacial score (nSPS) is 11.4. The van der Waals surface area contributed by atoms with Gasteiger partial charge in [0, 0.05) is 69.9 Å². The molecule has 0 atom stereocenters. The van der Waals surface area contributed by atoms with Gasteiger partial charge in [-0.05, 0) is 24.3 Å². The zero-order valence-corrected chi connectivity index (χ0v) is 19.3. The van der Waals surface area contributed by atoms with Crippen molar-refractivity contribution in [3.63, 3.8) is 0 Å². The molecule has 7 nitrogen and oxygen atoms in total. The molecule has 0 aliphatic carbocycles. The lowest BCUT2D eigenvalue weighted by Gasteiger charge is -2.05. The Morgan fingerprint density at radius 2 is 1.67 bits per heavy atom. The predicted octanol–water partition coefficient (Wildman–Crippen LogP) is 5.02. The van der Waals surface area contributed by atoms with Crippen LogP contribution in [0.1, 0.15) is 10.5 Å². The number of aldehydes is 1. The fourth-order valence-electron chi connectivity index (χ4n) is 5.01. The van der Waals surface area contributed by atoms with Crippen LogP contribution in [0.4, 0.5) is 0 Å². The summed E-state index contributed by atoms with van der Waals surface area (Å²) in [7, 11) is 0. The van der Waals surface area contributed by atoms with E-state index in [1.54, 1.807) is 18.6 Å². The van der Waals surface area contributed by atoms with Gasteiger partial charge in [0.2, 0.25) is 5.78 Å². The molecule has 36 heavy (non-hydrogen) atoms. The van der Waals surface area contributed by atoms with Gasteiger partial charge >= 0.3 is 0 Å². The maximum Gasteiger partial charge on any atom is 0.242 e. The number of rotatable bonds is 7. The number of H-pyrrole nitrogens is 1. The Labute approximate surface area is 206 Å². The van der Waals surface area contributed by atoms with E-state index < -0.39 is 5.78 Å². The number of nitrogens with zero attached hydrogens (tertiary/aromatic N) is 3. The Hall–Kier alpha value is -4.75. The van der Waals surface area contributed by atoms with Crippen LogP contribution in [0.3, 0.4) is 0 Å². The maximum absolute atomic E-state index is 12.8. The van der Waals surface area contributed by atoms with Crippen molar-refractivity contribution in [1.82, 2.24) is 19.1 Å². The fourth-order valence-corrected chi connectivity index (χ4v) is 5.01. The number of ketones is 1. The molecule has 2 aromatic carbocycles. The summed E-state index contributed by atoms with van der Waals surface area (Å²) in [6, 6.07) is 19.8. The molecule has 0 aliphatic rings. The van der Waals surface area contributed by atoms with Gasteiger partial charge in [0.15, 0.2) is 6.29 Å². The second kappa shape index (κ2) is 8.79. The molecule has 0 unspecified atom stereocenters. The van der Waals surface area contributed by atoms with E-state index in [-0.39, 0.29) is 12.3 Å². The Kier molecular flexibility index (Phi) is 5.32. The minimum absolute atomic E-state index is 0.00554. The molecule has 2 N–H and O–H groups in total. The van der Waals surface area contributed by atoms with E-state index in [9.17, 15) is 14.7 Å². The lowest BCUT2D eigenvalue weighted by molar-refractivity contribution is -0.104. The van der Waals surface area contributed by atoms with Crippen molar-refractivity contribution in [3.8, 4) is 27.9 Å². The summed E-state index contributed by atoms with van der Waals surface area (Å²) in [5, 5.41) is 11.5. The van der Waals surface area contributed by atoms with Crippen molar-refractivity contribution < 1.29 is 14.7 Å². The summed E-state index contributed by atoms with van der Waals surface area (Å²) >= 11 is 0. The van der Waals surface area contributed by atoms with Crippen molar-refractivity contribution in [1.29, 1.82) is 0 Å². The number of aromatic amines is 1. The lowest BCUT2D eigenvalue weighted by atomic mass is 9.95. The van der Waals surface area contributed by atoms with E-state index in [2.05, 4.69) is 9.97 Å². The molecule has 6 aromatic rings. The van der Waals surface area contributed by atoms with Gasteiger partial charge in [-0.3, -0.25) is 14.6 Å². The second-order valence-electron chi connectivity index (χ2n) is 8.55. The number of Topliss-reactive ketones (excluding diaryl/α,β-unsaturated/α-hetero) is 1. The predicted molar refractivity (Wildman–Crippen MR) is 139 cm³/mol. The number of aromatic nitrogens is 4. The van der Waals surface area contributed by atoms with Gasteiger partial charge in [-0.1, -0.05) is 36.4 Å². The standard InChI is InChI=1S/C29H22N4O3/c34-13-12-32-16-23(20-7-1-3-9-25(20)32)22-15-31-29(27(36)18-35)28(22)24-17-33(19-6-5-11-30-14-19)26-10-4-2-8-21(24)26/h1-11,14-18,31,34H,12-13H2. The molecular weight excluding hydrogens is 452 g/mol. The molecule has 176 valence electrons. The first-order valence-electron chi connectivity index (χ1n) is 11.6. The molecule has 0 radical (unpaired) electrons. The molecule has 0 saturated heterocycles. The van der Waals surface area contributed by atoms with Gasteiger partial charge in [0.1, 0.15) is 0 Å². The third-order valence-corrected chi connectivity index (χ3v) is 6.56. The molecule has 7 heteroatoms. The zero-order chi connectivity index (χ0) is 24.6. The first-order valence-corrected chi connectivity index (χ1v) is 11.6. The number of para-hydroxylation sites is 2. The zero-order valence-electron chi connectivity index (χ0n) is 19.3. The van der Waals surface area contributed by atoms with E-state index in [1.807, 2.05) is 82.2 Å². The summed E-state index contributed by atoms with van der Waals surface area (Å²) < 4.78 is 4.04. The van der Waals surface area contributed by atoms with E-state index in [0.29, 0.717) is 18.4 Å². The van der Waals surface area contributed by atoms with E-state index in [0.717, 1.165) is 44.2 Å². The number of hydrogen-bond acceptors (Lipinski definition) is 4. The van der Waals surface area contributed by atoms with Gasteiger partial charge in [-0.25, -0.2) is 0 Å².